The summed E-state index contributed by atoms with van der Waals surface area (Å²) in [5, 5.41) is 9.83. The van der Waals surface area contributed by atoms with E-state index < -0.39 is 18.1 Å². The minimum Gasteiger partial charge on any atom is -0.491 e. The number of carbonyl (C=O) groups is 2. The summed E-state index contributed by atoms with van der Waals surface area (Å²) in [7, 11) is 0. The lowest BCUT2D eigenvalue weighted by Crippen LogP contribution is -2.43. The van der Waals surface area contributed by atoms with Gasteiger partial charge < -0.3 is 14.6 Å². The van der Waals surface area contributed by atoms with Crippen LogP contribution in [0.2, 0.25) is 0 Å². The van der Waals surface area contributed by atoms with Crippen molar-refractivity contribution in [2.75, 3.05) is 11.5 Å². The molecule has 1 N–H and O–H groups in total. The van der Waals surface area contributed by atoms with Crippen LogP contribution in [-0.4, -0.2) is 35.9 Å². The zero-order chi connectivity index (χ0) is 23.1. The molecule has 0 radical (unpaired) electrons. The summed E-state index contributed by atoms with van der Waals surface area (Å²) in [4.78, 5) is 26.5. The van der Waals surface area contributed by atoms with Gasteiger partial charge in [0.05, 0.1) is 11.8 Å². The number of ether oxygens (including phenoxy) is 2. The second kappa shape index (κ2) is 8.28. The predicted molar refractivity (Wildman–Crippen MR) is 125 cm³/mol. The average molecular weight is 443 g/mol. The van der Waals surface area contributed by atoms with E-state index in [4.69, 9.17) is 9.47 Å². The first-order valence-electron chi connectivity index (χ1n) is 11.1. The van der Waals surface area contributed by atoms with Crippen LogP contribution >= 0.6 is 0 Å². The summed E-state index contributed by atoms with van der Waals surface area (Å²) < 4.78 is 11.6. The summed E-state index contributed by atoms with van der Waals surface area (Å²) >= 11 is 0. The van der Waals surface area contributed by atoms with Gasteiger partial charge in [0.2, 0.25) is 0 Å². The number of aliphatic carboxylic acids is 1. The normalized spacial score (nSPS) is 16.3. The Balaban J connectivity index is 1.42. The molecule has 2 aliphatic rings. The van der Waals surface area contributed by atoms with Gasteiger partial charge in [0.25, 0.3) is 0 Å². The molecule has 33 heavy (non-hydrogen) atoms. The topological polar surface area (TPSA) is 76.1 Å². The standard InChI is InChI=1S/C27H25NO5/c1-16(2)33-25-13-7-12-23-21(25)14-24(26(29)30)28(23)27(31)32-15-22-19-10-5-3-8-17(19)18-9-4-6-11-20(18)22/h3-13,16,22,24H,14-15H2,1-2H3,(H,29,30). The van der Waals surface area contributed by atoms with Crippen LogP contribution in [0.1, 0.15) is 36.5 Å². The highest BCUT2D eigenvalue weighted by Gasteiger charge is 2.41. The van der Waals surface area contributed by atoms with Gasteiger partial charge in [-0.15, -0.1) is 0 Å². The smallest absolute Gasteiger partial charge is 0.415 e. The number of carboxylic acids is 1. The maximum atomic E-state index is 13.2. The average Bonchev–Trinajstić information content (AvgIpc) is 3.35. The molecule has 1 heterocycles. The van der Waals surface area contributed by atoms with Crippen molar-refractivity contribution in [2.24, 2.45) is 0 Å². The number of amides is 1. The number of nitrogens with zero attached hydrogens (tertiary/aromatic N) is 1. The Morgan fingerprint density at radius 2 is 1.61 bits per heavy atom. The molecule has 1 aliphatic carbocycles. The molecule has 5 rings (SSSR count). The van der Waals surface area contributed by atoms with E-state index in [2.05, 4.69) is 24.3 Å². The van der Waals surface area contributed by atoms with E-state index >= 15 is 0 Å². The monoisotopic (exact) mass is 443 g/mol. The van der Waals surface area contributed by atoms with Gasteiger partial charge in [0, 0.05) is 17.9 Å². The zero-order valence-electron chi connectivity index (χ0n) is 18.5. The molecular formula is C27H25NO5. The molecule has 6 nitrogen and oxygen atoms in total. The molecule has 3 aromatic rings. The molecule has 3 aromatic carbocycles. The largest absolute Gasteiger partial charge is 0.491 e. The number of hydrogen-bond acceptors (Lipinski definition) is 4. The number of anilines is 1. The van der Waals surface area contributed by atoms with Crippen LogP contribution in [-0.2, 0) is 16.0 Å². The number of hydrogen-bond donors (Lipinski definition) is 1. The number of rotatable bonds is 5. The van der Waals surface area contributed by atoms with Gasteiger partial charge in [-0.3, -0.25) is 4.90 Å². The van der Waals surface area contributed by atoms with Gasteiger partial charge in [-0.05, 0) is 48.2 Å². The van der Waals surface area contributed by atoms with Crippen molar-refractivity contribution in [3.63, 3.8) is 0 Å². The Morgan fingerprint density at radius 3 is 2.21 bits per heavy atom. The van der Waals surface area contributed by atoms with Crippen molar-refractivity contribution in [2.45, 2.75) is 38.3 Å². The van der Waals surface area contributed by atoms with Gasteiger partial charge in [0.1, 0.15) is 18.4 Å². The van der Waals surface area contributed by atoms with Crippen LogP contribution < -0.4 is 9.64 Å². The van der Waals surface area contributed by atoms with E-state index in [1.54, 1.807) is 18.2 Å². The molecule has 6 heteroatoms. The van der Waals surface area contributed by atoms with Crippen LogP contribution in [0.25, 0.3) is 11.1 Å². The van der Waals surface area contributed by atoms with Gasteiger partial charge in [0.15, 0.2) is 0 Å². The fraction of sp³-hybridized carbons (Fsp3) is 0.259. The number of carbonyl (C=O) groups excluding carboxylic acids is 1. The Labute approximate surface area is 192 Å². The summed E-state index contributed by atoms with van der Waals surface area (Å²) in [5.74, 6) is -0.569. The number of fused-ring (bicyclic) bond motifs is 4. The van der Waals surface area contributed by atoms with Gasteiger partial charge >= 0.3 is 12.1 Å². The highest BCUT2D eigenvalue weighted by molar-refractivity contribution is 5.99. The van der Waals surface area contributed by atoms with E-state index in [-0.39, 0.29) is 25.0 Å². The van der Waals surface area contributed by atoms with Crippen molar-refractivity contribution in [3.8, 4) is 16.9 Å². The molecule has 0 aromatic heterocycles. The third kappa shape index (κ3) is 3.61. The molecule has 168 valence electrons. The first kappa shape index (κ1) is 21.1. The van der Waals surface area contributed by atoms with E-state index in [1.807, 2.05) is 38.1 Å². The summed E-state index contributed by atoms with van der Waals surface area (Å²) in [6.07, 6.45) is -0.550. The molecule has 0 saturated carbocycles. The predicted octanol–water partition coefficient (Wildman–Crippen LogP) is 5.24. The number of carboxylic acid groups (broad SMARTS) is 1. The van der Waals surface area contributed by atoms with Crippen molar-refractivity contribution in [3.05, 3.63) is 83.4 Å². The minimum atomic E-state index is -1.07. The molecule has 1 atom stereocenters. The van der Waals surface area contributed by atoms with E-state index in [0.29, 0.717) is 17.0 Å². The summed E-state index contributed by atoms with van der Waals surface area (Å²) in [5.41, 5.74) is 5.73. The molecule has 1 amide bonds. The van der Waals surface area contributed by atoms with Gasteiger partial charge in [-0.1, -0.05) is 54.6 Å². The molecule has 0 spiro atoms. The van der Waals surface area contributed by atoms with Crippen molar-refractivity contribution in [1.82, 2.24) is 0 Å². The Morgan fingerprint density at radius 1 is 0.970 bits per heavy atom. The third-order valence-corrected chi connectivity index (χ3v) is 6.26. The molecule has 1 aliphatic heterocycles. The van der Waals surface area contributed by atoms with Crippen LogP contribution in [0, 0.1) is 0 Å². The number of benzene rings is 3. The lowest BCUT2D eigenvalue weighted by atomic mass is 9.98. The third-order valence-electron chi connectivity index (χ3n) is 6.26. The molecule has 0 saturated heterocycles. The van der Waals surface area contributed by atoms with E-state index in [0.717, 1.165) is 22.3 Å². The first-order valence-corrected chi connectivity index (χ1v) is 11.1. The quantitative estimate of drug-likeness (QED) is 0.584. The Kier molecular flexibility index (Phi) is 5.29. The lowest BCUT2D eigenvalue weighted by molar-refractivity contribution is -0.138. The highest BCUT2D eigenvalue weighted by Crippen LogP contribution is 2.45. The van der Waals surface area contributed by atoms with Crippen LogP contribution in [0.5, 0.6) is 5.75 Å². The fourth-order valence-electron chi connectivity index (χ4n) is 4.89. The molecular weight excluding hydrogens is 418 g/mol. The van der Waals surface area contributed by atoms with Crippen molar-refractivity contribution >= 4 is 17.7 Å². The van der Waals surface area contributed by atoms with Crippen LogP contribution in [0.4, 0.5) is 10.5 Å². The molecule has 0 bridgehead atoms. The van der Waals surface area contributed by atoms with Crippen LogP contribution in [0.3, 0.4) is 0 Å². The Hall–Kier alpha value is -3.80. The van der Waals surface area contributed by atoms with Crippen LogP contribution in [0.15, 0.2) is 66.7 Å². The van der Waals surface area contributed by atoms with E-state index in [1.165, 1.54) is 4.90 Å². The van der Waals surface area contributed by atoms with Gasteiger partial charge in [-0.25, -0.2) is 9.59 Å². The molecule has 0 fully saturated rings. The highest BCUT2D eigenvalue weighted by atomic mass is 16.6. The zero-order valence-corrected chi connectivity index (χ0v) is 18.5. The SMILES string of the molecule is CC(C)Oc1cccc2c1CC(C(=O)O)N2C(=O)OCC1c2ccccc2-c2ccccc21. The second-order valence-electron chi connectivity index (χ2n) is 8.65. The first-order chi connectivity index (χ1) is 16.0. The van der Waals surface area contributed by atoms with Crippen molar-refractivity contribution in [1.29, 1.82) is 0 Å². The van der Waals surface area contributed by atoms with Gasteiger partial charge in [-0.2, -0.15) is 0 Å². The van der Waals surface area contributed by atoms with E-state index in [9.17, 15) is 14.7 Å². The van der Waals surface area contributed by atoms with Crippen molar-refractivity contribution < 1.29 is 24.2 Å². The minimum absolute atomic E-state index is 0.0664. The fourth-order valence-corrected chi connectivity index (χ4v) is 4.89. The lowest BCUT2D eigenvalue weighted by Gasteiger charge is -2.23. The Bertz CT molecular complexity index is 1190. The maximum absolute atomic E-state index is 13.2. The summed E-state index contributed by atoms with van der Waals surface area (Å²) in [6, 6.07) is 20.5. The molecule has 1 unspecified atom stereocenters. The second-order valence-corrected chi connectivity index (χ2v) is 8.65. The maximum Gasteiger partial charge on any atom is 0.415 e. The summed E-state index contributed by atoms with van der Waals surface area (Å²) in [6.45, 7) is 3.95.